The minimum Gasteiger partial charge on any atom is -0.459 e. The van der Waals surface area contributed by atoms with Gasteiger partial charge in [-0.1, -0.05) is 0 Å². The van der Waals surface area contributed by atoms with Gasteiger partial charge in [-0.3, -0.25) is 0 Å². The molecule has 1 aliphatic heterocycles. The molecule has 13 heavy (non-hydrogen) atoms. The molecule has 0 saturated carbocycles. The Morgan fingerprint density at radius 1 is 0.923 bits per heavy atom. The van der Waals surface area contributed by atoms with Gasteiger partial charge in [-0.2, -0.15) is 17.6 Å². The Kier molecular flexibility index (Phi) is 4.94. The van der Waals surface area contributed by atoms with Gasteiger partial charge in [0.1, 0.15) is 11.5 Å². The molecule has 0 radical (unpaired) electrons. The predicted octanol–water partition coefficient (Wildman–Crippen LogP) is 3.23. The summed E-state index contributed by atoms with van der Waals surface area (Å²) < 4.78 is 51.0. The van der Waals surface area contributed by atoms with Crippen LogP contribution in [0.4, 0.5) is 17.6 Å². The van der Waals surface area contributed by atoms with E-state index >= 15 is 0 Å². The maximum Gasteiger partial charge on any atom is 0.334 e. The van der Waals surface area contributed by atoms with Gasteiger partial charge in [0.05, 0.1) is 0 Å². The predicted molar refractivity (Wildman–Crippen MR) is 36.9 cm³/mol. The van der Waals surface area contributed by atoms with Crippen LogP contribution in [-0.4, -0.2) is 6.79 Å². The standard InChI is InChI=1S/C5H8O2.C2F4/c1-4-5(2)7-3-6-4;3-1(4)2(5)6/h3H2,1-2H3;. The van der Waals surface area contributed by atoms with Crippen molar-refractivity contribution < 1.29 is 27.0 Å². The fraction of sp³-hybridized carbons (Fsp3) is 0.429. The molecular weight excluding hydrogens is 192 g/mol. The summed E-state index contributed by atoms with van der Waals surface area (Å²) in [7, 11) is 0. The van der Waals surface area contributed by atoms with E-state index in [2.05, 4.69) is 0 Å². The maximum absolute atomic E-state index is 10.3. The second-order valence-corrected chi connectivity index (χ2v) is 2.04. The summed E-state index contributed by atoms with van der Waals surface area (Å²) in [5, 5.41) is 0. The number of ether oxygens (including phenoxy) is 2. The third-order valence-electron chi connectivity index (χ3n) is 1.19. The van der Waals surface area contributed by atoms with Crippen LogP contribution in [0.1, 0.15) is 13.8 Å². The van der Waals surface area contributed by atoms with Crippen molar-refractivity contribution in [1.82, 2.24) is 0 Å². The molecule has 0 aromatic carbocycles. The van der Waals surface area contributed by atoms with Gasteiger partial charge < -0.3 is 9.47 Å². The molecule has 1 aliphatic rings. The maximum atomic E-state index is 10.3. The second kappa shape index (κ2) is 5.45. The lowest BCUT2D eigenvalue weighted by Crippen LogP contribution is -1.79. The third kappa shape index (κ3) is 5.10. The minimum absolute atomic E-state index is 0.400. The van der Waals surface area contributed by atoms with Crippen molar-refractivity contribution in [2.24, 2.45) is 0 Å². The summed E-state index contributed by atoms with van der Waals surface area (Å²) in [5.74, 6) is 1.81. The largest absolute Gasteiger partial charge is 0.459 e. The van der Waals surface area contributed by atoms with Gasteiger partial charge in [-0.05, 0) is 13.8 Å². The first-order valence-corrected chi connectivity index (χ1v) is 3.24. The van der Waals surface area contributed by atoms with E-state index in [0.29, 0.717) is 6.79 Å². The topological polar surface area (TPSA) is 18.5 Å². The molecule has 0 bridgehead atoms. The van der Waals surface area contributed by atoms with E-state index in [9.17, 15) is 17.6 Å². The zero-order valence-corrected chi connectivity index (χ0v) is 7.04. The van der Waals surface area contributed by atoms with E-state index in [1.54, 1.807) is 0 Å². The van der Waals surface area contributed by atoms with Crippen LogP contribution >= 0.6 is 0 Å². The number of rotatable bonds is 0. The Balaban J connectivity index is 0.000000226. The van der Waals surface area contributed by atoms with Crippen LogP contribution < -0.4 is 0 Å². The average Bonchev–Trinajstić information content (AvgIpc) is 2.37. The first-order valence-electron chi connectivity index (χ1n) is 3.24. The van der Waals surface area contributed by atoms with Crippen LogP contribution in [0.5, 0.6) is 0 Å². The van der Waals surface area contributed by atoms with Crippen LogP contribution in [-0.2, 0) is 9.47 Å². The van der Waals surface area contributed by atoms with Crippen molar-refractivity contribution in [2.45, 2.75) is 13.8 Å². The van der Waals surface area contributed by atoms with E-state index < -0.39 is 12.2 Å². The van der Waals surface area contributed by atoms with Crippen molar-refractivity contribution in [3.8, 4) is 0 Å². The number of hydrogen-bond donors (Lipinski definition) is 0. The molecule has 0 aromatic rings. The highest BCUT2D eigenvalue weighted by Gasteiger charge is 2.05. The molecule has 0 aliphatic carbocycles. The summed E-state index contributed by atoms with van der Waals surface area (Å²) in [4.78, 5) is 0. The minimum atomic E-state index is -2.91. The Morgan fingerprint density at radius 2 is 1.23 bits per heavy atom. The zero-order chi connectivity index (χ0) is 10.4. The van der Waals surface area contributed by atoms with Gasteiger partial charge in [0, 0.05) is 0 Å². The lowest BCUT2D eigenvalue weighted by Gasteiger charge is -1.87. The molecule has 0 amide bonds. The van der Waals surface area contributed by atoms with Crippen molar-refractivity contribution in [3.63, 3.8) is 0 Å². The Bertz CT molecular complexity index is 205. The van der Waals surface area contributed by atoms with E-state index in [1.807, 2.05) is 13.8 Å². The molecule has 0 spiro atoms. The Morgan fingerprint density at radius 3 is 1.31 bits per heavy atom. The van der Waals surface area contributed by atoms with Crippen molar-refractivity contribution in [3.05, 3.63) is 23.7 Å². The molecule has 0 saturated heterocycles. The molecule has 1 heterocycles. The lowest BCUT2D eigenvalue weighted by atomic mass is 10.5. The normalized spacial score (nSPS) is 14.0. The van der Waals surface area contributed by atoms with E-state index in [1.165, 1.54) is 0 Å². The molecule has 76 valence electrons. The van der Waals surface area contributed by atoms with Gasteiger partial charge >= 0.3 is 12.2 Å². The van der Waals surface area contributed by atoms with Crippen LogP contribution in [0, 0.1) is 0 Å². The molecule has 2 nitrogen and oxygen atoms in total. The summed E-state index contributed by atoms with van der Waals surface area (Å²) in [6.07, 6.45) is -5.81. The first kappa shape index (κ1) is 11.8. The monoisotopic (exact) mass is 200 g/mol. The SMILES string of the molecule is CC1=C(C)OCO1.FC(F)=C(F)F. The molecule has 0 atom stereocenters. The third-order valence-corrected chi connectivity index (χ3v) is 1.19. The molecule has 6 heteroatoms. The second-order valence-electron chi connectivity index (χ2n) is 2.04. The zero-order valence-electron chi connectivity index (χ0n) is 7.04. The molecule has 0 fully saturated rings. The molecule has 0 unspecified atom stereocenters. The quantitative estimate of drug-likeness (QED) is 0.559. The number of halogens is 4. The summed E-state index contributed by atoms with van der Waals surface area (Å²) >= 11 is 0. The highest BCUT2D eigenvalue weighted by Crippen LogP contribution is 2.12. The van der Waals surface area contributed by atoms with Gasteiger partial charge in [0.15, 0.2) is 0 Å². The summed E-state index contributed by atoms with van der Waals surface area (Å²) in [6, 6.07) is 0. The van der Waals surface area contributed by atoms with E-state index in [4.69, 9.17) is 9.47 Å². The van der Waals surface area contributed by atoms with E-state index in [-0.39, 0.29) is 0 Å². The fourth-order valence-corrected chi connectivity index (χ4v) is 0.410. The van der Waals surface area contributed by atoms with Crippen molar-refractivity contribution in [2.75, 3.05) is 6.79 Å². The average molecular weight is 200 g/mol. The van der Waals surface area contributed by atoms with Gasteiger partial charge in [0.2, 0.25) is 6.79 Å². The number of allylic oxidation sites excluding steroid dienone is 2. The Labute approximate surface area is 72.4 Å². The van der Waals surface area contributed by atoms with Gasteiger partial charge in [-0.25, -0.2) is 0 Å². The van der Waals surface area contributed by atoms with Crippen LogP contribution in [0.3, 0.4) is 0 Å². The van der Waals surface area contributed by atoms with Crippen molar-refractivity contribution in [1.29, 1.82) is 0 Å². The van der Waals surface area contributed by atoms with Crippen LogP contribution in [0.15, 0.2) is 23.7 Å². The summed E-state index contributed by atoms with van der Waals surface area (Å²) in [5.41, 5.74) is 0. The van der Waals surface area contributed by atoms with Gasteiger partial charge in [0.25, 0.3) is 0 Å². The molecular formula is C7H8F4O2. The van der Waals surface area contributed by atoms with Crippen LogP contribution in [0.25, 0.3) is 0 Å². The molecule has 0 aromatic heterocycles. The first-order chi connectivity index (χ1) is 5.95. The smallest absolute Gasteiger partial charge is 0.334 e. The molecule has 1 rings (SSSR count). The highest BCUT2D eigenvalue weighted by atomic mass is 19.3. The van der Waals surface area contributed by atoms with E-state index in [0.717, 1.165) is 11.5 Å². The van der Waals surface area contributed by atoms with Crippen LogP contribution in [0.2, 0.25) is 0 Å². The fourth-order valence-electron chi connectivity index (χ4n) is 0.410. The number of hydrogen-bond acceptors (Lipinski definition) is 2. The highest BCUT2D eigenvalue weighted by molar-refractivity contribution is 4.97. The summed E-state index contributed by atoms with van der Waals surface area (Å²) in [6.45, 7) is 4.18. The van der Waals surface area contributed by atoms with Crippen molar-refractivity contribution >= 4 is 0 Å². The van der Waals surface area contributed by atoms with Gasteiger partial charge in [-0.15, -0.1) is 0 Å². The molecule has 0 N–H and O–H groups in total. The lowest BCUT2D eigenvalue weighted by molar-refractivity contribution is 0.0724. The Hall–Kier alpha value is -1.20.